The van der Waals surface area contributed by atoms with E-state index in [1.54, 1.807) is 0 Å². The summed E-state index contributed by atoms with van der Waals surface area (Å²) >= 11 is 0. The summed E-state index contributed by atoms with van der Waals surface area (Å²) in [6, 6.07) is 0. The van der Waals surface area contributed by atoms with Crippen molar-refractivity contribution in [2.24, 2.45) is 5.92 Å². The zero-order valence-electron chi connectivity index (χ0n) is 16.0. The highest BCUT2D eigenvalue weighted by molar-refractivity contribution is 6.08. The Kier molecular flexibility index (Phi) is 9.63. The van der Waals surface area contributed by atoms with E-state index in [9.17, 15) is 14.4 Å². The summed E-state index contributed by atoms with van der Waals surface area (Å²) in [4.78, 5) is 32.9. The van der Waals surface area contributed by atoms with Crippen LogP contribution in [0.5, 0.6) is 0 Å². The van der Waals surface area contributed by atoms with Crippen LogP contribution in [0.15, 0.2) is 34.9 Å². The van der Waals surface area contributed by atoms with Crippen LogP contribution in [0.3, 0.4) is 0 Å². The van der Waals surface area contributed by atoms with Crippen molar-refractivity contribution in [1.82, 2.24) is 0 Å². The van der Waals surface area contributed by atoms with Gasteiger partial charge in [-0.1, -0.05) is 30.2 Å². The largest absolute Gasteiger partial charge is 0.481 e. The van der Waals surface area contributed by atoms with E-state index in [0.717, 1.165) is 38.5 Å². The van der Waals surface area contributed by atoms with E-state index in [4.69, 9.17) is 5.11 Å². The predicted molar refractivity (Wildman–Crippen MR) is 100 cm³/mol. The van der Waals surface area contributed by atoms with Crippen LogP contribution < -0.4 is 0 Å². The molecule has 1 aliphatic heterocycles. The van der Waals surface area contributed by atoms with E-state index in [1.165, 1.54) is 17.2 Å². The lowest BCUT2D eigenvalue weighted by molar-refractivity contribution is -0.150. The number of aliphatic carboxylic acids is 1. The van der Waals surface area contributed by atoms with Gasteiger partial charge in [0, 0.05) is 18.1 Å². The first-order chi connectivity index (χ1) is 12.3. The molecule has 1 N–H and O–H groups in total. The van der Waals surface area contributed by atoms with E-state index < -0.39 is 17.9 Å². The van der Waals surface area contributed by atoms with Gasteiger partial charge in [-0.05, 0) is 64.7 Å². The minimum absolute atomic E-state index is 0.209. The van der Waals surface area contributed by atoms with Crippen molar-refractivity contribution in [2.75, 3.05) is 0 Å². The van der Waals surface area contributed by atoms with E-state index in [0.29, 0.717) is 12.0 Å². The average molecular weight is 362 g/mol. The minimum Gasteiger partial charge on any atom is -0.481 e. The van der Waals surface area contributed by atoms with E-state index in [1.807, 2.05) is 6.92 Å². The van der Waals surface area contributed by atoms with Crippen molar-refractivity contribution in [3.05, 3.63) is 34.9 Å². The zero-order valence-corrected chi connectivity index (χ0v) is 16.0. The van der Waals surface area contributed by atoms with Gasteiger partial charge in [-0.3, -0.25) is 4.79 Å². The van der Waals surface area contributed by atoms with E-state index in [-0.39, 0.29) is 12.3 Å². The average Bonchev–Trinajstić information content (AvgIpc) is 2.84. The fraction of sp³-hybridized carbons (Fsp3) is 0.571. The molecule has 0 amide bonds. The number of carboxylic acids is 1. The molecule has 0 aromatic rings. The van der Waals surface area contributed by atoms with Gasteiger partial charge in [0.1, 0.15) is 0 Å². The number of ether oxygens (including phenoxy) is 1. The minimum atomic E-state index is -0.730. The first-order valence-electron chi connectivity index (χ1n) is 9.27. The number of esters is 2. The van der Waals surface area contributed by atoms with E-state index >= 15 is 0 Å². The monoisotopic (exact) mass is 362 g/mol. The highest BCUT2D eigenvalue weighted by atomic mass is 16.6. The zero-order chi connectivity index (χ0) is 19.5. The first kappa shape index (κ1) is 21.9. The summed E-state index contributed by atoms with van der Waals surface area (Å²) < 4.78 is 4.47. The third-order valence-electron chi connectivity index (χ3n) is 4.47. The van der Waals surface area contributed by atoms with Crippen molar-refractivity contribution >= 4 is 17.9 Å². The molecule has 26 heavy (non-hydrogen) atoms. The standard InChI is InChI=1S/C21H30O5/c1-15(9-5-11-17(3)13-19(22)23)7-4-8-16(2)10-6-12-18-14-20(24)26-21(18)25/h8-9,14,17H,4-7,10-13H2,1-3H3,(H,22,23). The number of cyclic esters (lactones) is 2. The van der Waals surface area contributed by atoms with Crippen LogP contribution in [0.1, 0.15) is 72.1 Å². The molecule has 1 atom stereocenters. The van der Waals surface area contributed by atoms with Crippen LogP contribution in [0.4, 0.5) is 0 Å². The topological polar surface area (TPSA) is 80.7 Å². The van der Waals surface area contributed by atoms with Crippen molar-refractivity contribution < 1.29 is 24.2 Å². The molecule has 1 heterocycles. The summed E-state index contributed by atoms with van der Waals surface area (Å²) in [6.45, 7) is 6.17. The Morgan fingerprint density at radius 2 is 1.81 bits per heavy atom. The Hall–Kier alpha value is -2.17. The third kappa shape index (κ3) is 9.35. The third-order valence-corrected chi connectivity index (χ3v) is 4.47. The number of allylic oxidation sites excluding steroid dienone is 4. The Labute approximate surface area is 155 Å². The van der Waals surface area contributed by atoms with Crippen molar-refractivity contribution in [2.45, 2.75) is 72.1 Å². The SMILES string of the molecule is CC(=CCCC(C)CC(=O)O)CCC=C(C)CCCC1=CC(=O)OC1=O. The lowest BCUT2D eigenvalue weighted by atomic mass is 10.00. The quantitative estimate of drug-likeness (QED) is 0.308. The van der Waals surface area contributed by atoms with Gasteiger partial charge in [0.2, 0.25) is 0 Å². The van der Waals surface area contributed by atoms with Gasteiger partial charge in [0.15, 0.2) is 0 Å². The molecule has 0 aromatic carbocycles. The highest BCUT2D eigenvalue weighted by Gasteiger charge is 2.22. The number of hydrogen-bond donors (Lipinski definition) is 1. The number of rotatable bonds is 12. The second-order valence-electron chi connectivity index (χ2n) is 7.15. The first-order valence-corrected chi connectivity index (χ1v) is 9.27. The number of carbonyl (C=O) groups excluding carboxylic acids is 2. The van der Waals surface area contributed by atoms with Crippen molar-refractivity contribution in [1.29, 1.82) is 0 Å². The molecule has 0 bridgehead atoms. The maximum Gasteiger partial charge on any atom is 0.342 e. The highest BCUT2D eigenvalue weighted by Crippen LogP contribution is 2.18. The molecule has 0 aromatic heterocycles. The molecule has 0 fully saturated rings. The fourth-order valence-electron chi connectivity index (χ4n) is 2.88. The molecule has 0 radical (unpaired) electrons. The lowest BCUT2D eigenvalue weighted by Crippen LogP contribution is -2.03. The van der Waals surface area contributed by atoms with Gasteiger partial charge in [-0.15, -0.1) is 0 Å². The fourth-order valence-corrected chi connectivity index (χ4v) is 2.88. The summed E-state index contributed by atoms with van der Waals surface area (Å²) in [5.74, 6) is -1.58. The van der Waals surface area contributed by atoms with Crippen LogP contribution >= 0.6 is 0 Å². The van der Waals surface area contributed by atoms with Gasteiger partial charge in [-0.2, -0.15) is 0 Å². The molecule has 1 rings (SSSR count). The molecule has 0 aliphatic carbocycles. The van der Waals surface area contributed by atoms with Gasteiger partial charge in [0.25, 0.3) is 0 Å². The van der Waals surface area contributed by atoms with Crippen LogP contribution in [-0.4, -0.2) is 23.0 Å². The molecule has 1 aliphatic rings. The molecular weight excluding hydrogens is 332 g/mol. The summed E-state index contributed by atoms with van der Waals surface area (Å²) in [7, 11) is 0. The summed E-state index contributed by atoms with van der Waals surface area (Å²) in [5.41, 5.74) is 3.08. The van der Waals surface area contributed by atoms with Crippen LogP contribution in [0, 0.1) is 5.92 Å². The molecule has 0 saturated heterocycles. The molecule has 0 spiro atoms. The van der Waals surface area contributed by atoms with E-state index in [2.05, 4.69) is 30.7 Å². The molecule has 144 valence electrons. The van der Waals surface area contributed by atoms with Crippen LogP contribution in [-0.2, 0) is 19.1 Å². The molecular formula is C21H30O5. The van der Waals surface area contributed by atoms with Crippen LogP contribution in [0.2, 0.25) is 0 Å². The van der Waals surface area contributed by atoms with Gasteiger partial charge in [0.05, 0.1) is 0 Å². The Morgan fingerprint density at radius 3 is 2.42 bits per heavy atom. The maximum atomic E-state index is 11.3. The molecule has 1 unspecified atom stereocenters. The Balaban J connectivity index is 2.20. The van der Waals surface area contributed by atoms with Gasteiger partial charge < -0.3 is 9.84 Å². The van der Waals surface area contributed by atoms with Gasteiger partial charge in [-0.25, -0.2) is 9.59 Å². The smallest absolute Gasteiger partial charge is 0.342 e. The molecule has 0 saturated carbocycles. The summed E-state index contributed by atoms with van der Waals surface area (Å²) in [6.07, 6.45) is 12.0. The predicted octanol–water partition coefficient (Wildman–Crippen LogP) is 4.73. The Morgan fingerprint density at radius 1 is 1.15 bits per heavy atom. The maximum absolute atomic E-state index is 11.3. The molecule has 5 heteroatoms. The normalized spacial score (nSPS) is 16.5. The number of carbonyl (C=O) groups is 3. The Bertz CT molecular complexity index is 610. The number of carboxylic acid groups (broad SMARTS) is 1. The van der Waals surface area contributed by atoms with Crippen molar-refractivity contribution in [3.8, 4) is 0 Å². The summed E-state index contributed by atoms with van der Waals surface area (Å²) in [5, 5.41) is 8.75. The van der Waals surface area contributed by atoms with Gasteiger partial charge >= 0.3 is 17.9 Å². The molecule has 5 nitrogen and oxygen atoms in total. The lowest BCUT2D eigenvalue weighted by Gasteiger charge is -2.06. The number of hydrogen-bond acceptors (Lipinski definition) is 4. The second kappa shape index (κ2) is 11.4. The van der Waals surface area contributed by atoms with Crippen LogP contribution in [0.25, 0.3) is 0 Å². The van der Waals surface area contributed by atoms with Crippen molar-refractivity contribution in [3.63, 3.8) is 0 Å². The second-order valence-corrected chi connectivity index (χ2v) is 7.15.